The number of benzene rings is 1. The van der Waals surface area contributed by atoms with E-state index in [1.807, 2.05) is 13.8 Å². The van der Waals surface area contributed by atoms with Crippen LogP contribution in [-0.2, 0) is 16.0 Å². The van der Waals surface area contributed by atoms with Crippen molar-refractivity contribution in [2.24, 2.45) is 0 Å². The minimum atomic E-state index is -4.54. The van der Waals surface area contributed by atoms with E-state index in [4.69, 9.17) is 0 Å². The SMILES string of the molecule is CCNC(CC)CS(=O)(=O)c1cccc(C(F)(F)F)c1. The van der Waals surface area contributed by atoms with E-state index < -0.39 is 21.6 Å². The summed E-state index contributed by atoms with van der Waals surface area (Å²) in [6.07, 6.45) is -3.95. The first-order chi connectivity index (χ1) is 9.20. The highest BCUT2D eigenvalue weighted by molar-refractivity contribution is 7.91. The summed E-state index contributed by atoms with van der Waals surface area (Å²) in [6.45, 7) is 4.28. The highest BCUT2D eigenvalue weighted by atomic mass is 32.2. The van der Waals surface area contributed by atoms with Crippen molar-refractivity contribution < 1.29 is 21.6 Å². The summed E-state index contributed by atoms with van der Waals surface area (Å²) in [6, 6.07) is 3.60. The molecule has 0 aliphatic rings. The summed E-state index contributed by atoms with van der Waals surface area (Å²) in [5.41, 5.74) is -0.949. The molecule has 0 spiro atoms. The topological polar surface area (TPSA) is 46.2 Å². The highest BCUT2D eigenvalue weighted by Gasteiger charge is 2.32. The summed E-state index contributed by atoms with van der Waals surface area (Å²) in [5.74, 6) is -0.210. The van der Waals surface area contributed by atoms with E-state index >= 15 is 0 Å². The molecule has 0 amide bonds. The van der Waals surface area contributed by atoms with Crippen LogP contribution in [0.4, 0.5) is 13.2 Å². The van der Waals surface area contributed by atoms with Crippen LogP contribution in [-0.4, -0.2) is 26.8 Å². The summed E-state index contributed by atoms with van der Waals surface area (Å²) < 4.78 is 62.1. The Morgan fingerprint density at radius 3 is 2.40 bits per heavy atom. The maximum atomic E-state index is 12.6. The Morgan fingerprint density at radius 1 is 1.25 bits per heavy atom. The van der Waals surface area contributed by atoms with Crippen LogP contribution in [0, 0.1) is 0 Å². The molecule has 0 heterocycles. The third kappa shape index (κ3) is 4.49. The van der Waals surface area contributed by atoms with Crippen molar-refractivity contribution in [3.05, 3.63) is 29.8 Å². The van der Waals surface area contributed by atoms with Gasteiger partial charge in [-0.05, 0) is 31.2 Å². The van der Waals surface area contributed by atoms with Crippen LogP contribution in [0.3, 0.4) is 0 Å². The Hall–Kier alpha value is -1.08. The minimum absolute atomic E-state index is 0.210. The maximum Gasteiger partial charge on any atom is 0.416 e. The van der Waals surface area contributed by atoms with Crippen LogP contribution in [0.25, 0.3) is 0 Å². The zero-order chi connectivity index (χ0) is 15.4. The Morgan fingerprint density at radius 2 is 1.90 bits per heavy atom. The van der Waals surface area contributed by atoms with E-state index in [2.05, 4.69) is 5.32 Å². The van der Waals surface area contributed by atoms with Crippen LogP contribution >= 0.6 is 0 Å². The monoisotopic (exact) mass is 309 g/mol. The van der Waals surface area contributed by atoms with E-state index in [0.29, 0.717) is 19.0 Å². The predicted molar refractivity (Wildman–Crippen MR) is 71.3 cm³/mol. The van der Waals surface area contributed by atoms with Crippen molar-refractivity contribution in [1.82, 2.24) is 5.32 Å². The zero-order valence-electron chi connectivity index (χ0n) is 11.4. The molecule has 0 radical (unpaired) electrons. The third-order valence-electron chi connectivity index (χ3n) is 2.93. The smallest absolute Gasteiger partial charge is 0.313 e. The van der Waals surface area contributed by atoms with Gasteiger partial charge in [-0.1, -0.05) is 19.9 Å². The summed E-state index contributed by atoms with van der Waals surface area (Å²) in [7, 11) is -3.74. The van der Waals surface area contributed by atoms with Crippen LogP contribution in [0.5, 0.6) is 0 Å². The lowest BCUT2D eigenvalue weighted by Crippen LogP contribution is -2.35. The molecule has 1 unspecified atom stereocenters. The molecule has 114 valence electrons. The van der Waals surface area contributed by atoms with Crippen LogP contribution in [0.2, 0.25) is 0 Å². The van der Waals surface area contributed by atoms with E-state index in [0.717, 1.165) is 12.1 Å². The first kappa shape index (κ1) is 17.0. The number of rotatable bonds is 6. The van der Waals surface area contributed by atoms with Gasteiger partial charge >= 0.3 is 6.18 Å². The maximum absolute atomic E-state index is 12.6. The van der Waals surface area contributed by atoms with Crippen molar-refractivity contribution in [3.63, 3.8) is 0 Å². The molecular formula is C13H18F3NO2S. The Bertz CT molecular complexity index is 541. The second-order valence-electron chi connectivity index (χ2n) is 4.47. The Labute approximate surface area is 117 Å². The molecule has 1 rings (SSSR count). The summed E-state index contributed by atoms with van der Waals surface area (Å²) in [4.78, 5) is -0.288. The second-order valence-corrected chi connectivity index (χ2v) is 6.50. The van der Waals surface area contributed by atoms with E-state index in [1.54, 1.807) is 0 Å². The molecule has 1 aromatic carbocycles. The van der Waals surface area contributed by atoms with Crippen molar-refractivity contribution >= 4 is 9.84 Å². The largest absolute Gasteiger partial charge is 0.416 e. The summed E-state index contributed by atoms with van der Waals surface area (Å²) >= 11 is 0. The van der Waals surface area contributed by atoms with Gasteiger partial charge in [-0.3, -0.25) is 0 Å². The number of sulfone groups is 1. The van der Waals surface area contributed by atoms with Crippen LogP contribution in [0.15, 0.2) is 29.2 Å². The molecule has 1 aromatic rings. The van der Waals surface area contributed by atoms with E-state index in [9.17, 15) is 21.6 Å². The fourth-order valence-electron chi connectivity index (χ4n) is 1.84. The first-order valence-corrected chi connectivity index (χ1v) is 7.99. The number of hydrogen-bond donors (Lipinski definition) is 1. The molecule has 0 aliphatic heterocycles. The van der Waals surface area contributed by atoms with Crippen LogP contribution in [0.1, 0.15) is 25.8 Å². The minimum Gasteiger partial charge on any atom is -0.313 e. The molecule has 0 bridgehead atoms. The van der Waals surface area contributed by atoms with E-state index in [1.165, 1.54) is 6.07 Å². The molecule has 0 saturated carbocycles. The molecule has 0 aromatic heterocycles. The fourth-order valence-corrected chi connectivity index (χ4v) is 3.50. The lowest BCUT2D eigenvalue weighted by Gasteiger charge is -2.16. The molecule has 0 saturated heterocycles. The number of halogens is 3. The van der Waals surface area contributed by atoms with Gasteiger partial charge in [0.25, 0.3) is 0 Å². The third-order valence-corrected chi connectivity index (χ3v) is 4.74. The van der Waals surface area contributed by atoms with Crippen molar-refractivity contribution in [3.8, 4) is 0 Å². The van der Waals surface area contributed by atoms with Crippen LogP contribution < -0.4 is 5.32 Å². The molecule has 0 fully saturated rings. The lowest BCUT2D eigenvalue weighted by molar-refractivity contribution is -0.137. The number of nitrogens with one attached hydrogen (secondary N) is 1. The van der Waals surface area contributed by atoms with Gasteiger partial charge in [-0.2, -0.15) is 13.2 Å². The van der Waals surface area contributed by atoms with Gasteiger partial charge in [0, 0.05) is 6.04 Å². The normalized spacial score (nSPS) is 14.2. The van der Waals surface area contributed by atoms with Gasteiger partial charge in [0.1, 0.15) is 0 Å². The Balaban J connectivity index is 3.04. The molecule has 7 heteroatoms. The average Bonchev–Trinajstić information content (AvgIpc) is 2.37. The average molecular weight is 309 g/mol. The van der Waals surface area contributed by atoms with E-state index in [-0.39, 0.29) is 16.7 Å². The number of hydrogen-bond acceptors (Lipinski definition) is 3. The lowest BCUT2D eigenvalue weighted by atomic mass is 10.2. The van der Waals surface area contributed by atoms with Gasteiger partial charge in [0.15, 0.2) is 9.84 Å². The van der Waals surface area contributed by atoms with Gasteiger partial charge in [-0.15, -0.1) is 0 Å². The second kappa shape index (κ2) is 6.58. The molecule has 1 atom stereocenters. The highest BCUT2D eigenvalue weighted by Crippen LogP contribution is 2.30. The van der Waals surface area contributed by atoms with Gasteiger partial charge in [0.05, 0.1) is 16.2 Å². The molecule has 1 N–H and O–H groups in total. The molecular weight excluding hydrogens is 291 g/mol. The quantitative estimate of drug-likeness (QED) is 0.879. The fraction of sp³-hybridized carbons (Fsp3) is 0.538. The van der Waals surface area contributed by atoms with Crippen molar-refractivity contribution in [2.45, 2.75) is 37.4 Å². The number of alkyl halides is 3. The van der Waals surface area contributed by atoms with Gasteiger partial charge in [-0.25, -0.2) is 8.42 Å². The standard InChI is InChI=1S/C13H18F3NO2S/c1-3-11(17-4-2)9-20(18,19)12-7-5-6-10(8-12)13(14,15)16/h5-8,11,17H,3-4,9H2,1-2H3. The molecule has 3 nitrogen and oxygen atoms in total. The van der Waals surface area contributed by atoms with Crippen molar-refractivity contribution in [1.29, 1.82) is 0 Å². The molecule has 20 heavy (non-hydrogen) atoms. The first-order valence-electron chi connectivity index (χ1n) is 6.34. The predicted octanol–water partition coefficient (Wildman–Crippen LogP) is 2.87. The summed E-state index contributed by atoms with van der Waals surface area (Å²) in [5, 5.41) is 3.00. The zero-order valence-corrected chi connectivity index (χ0v) is 12.2. The molecule has 0 aliphatic carbocycles. The Kier molecular flexibility index (Phi) is 5.59. The van der Waals surface area contributed by atoms with Gasteiger partial charge in [0.2, 0.25) is 0 Å². The van der Waals surface area contributed by atoms with Gasteiger partial charge < -0.3 is 5.32 Å². The van der Waals surface area contributed by atoms with Crippen molar-refractivity contribution in [2.75, 3.05) is 12.3 Å².